The third kappa shape index (κ3) is 2.52. The largest absolute Gasteiger partial charge is 0.545 e. The number of hydrogen-bond acceptors (Lipinski definition) is 5. The number of anilines is 1. The molecule has 6 heteroatoms. The molecular weight excluding hydrogens is 320 g/mol. The molecule has 1 heterocycles. The van der Waals surface area contributed by atoms with Gasteiger partial charge in [-0.05, 0) is 43.6 Å². The molecule has 0 saturated heterocycles. The second-order valence-electron chi connectivity index (χ2n) is 7.03. The fourth-order valence-electron chi connectivity index (χ4n) is 4.67. The number of carbonyl (C=O) groups is 1. The van der Waals surface area contributed by atoms with E-state index in [2.05, 4.69) is 23.5 Å². The van der Waals surface area contributed by atoms with Crippen LogP contribution in [0.4, 0.5) is 11.4 Å². The Hall–Kier alpha value is -2.63. The lowest BCUT2D eigenvalue weighted by atomic mass is 9.71. The molecule has 6 nitrogen and oxygen atoms in total. The van der Waals surface area contributed by atoms with E-state index in [4.69, 9.17) is 0 Å². The minimum absolute atomic E-state index is 0.00991. The van der Waals surface area contributed by atoms with E-state index in [1.165, 1.54) is 12.1 Å². The Morgan fingerprint density at radius 3 is 2.72 bits per heavy atom. The minimum atomic E-state index is -1.30. The molecule has 0 bridgehead atoms. The van der Waals surface area contributed by atoms with Gasteiger partial charge >= 0.3 is 0 Å². The highest BCUT2D eigenvalue weighted by molar-refractivity contribution is 5.95. The molecule has 0 amide bonds. The Morgan fingerprint density at radius 1 is 1.20 bits per heavy atom. The summed E-state index contributed by atoms with van der Waals surface area (Å²) in [5, 5.41) is 26.5. The molecule has 0 spiro atoms. The van der Waals surface area contributed by atoms with Crippen LogP contribution in [0.1, 0.15) is 47.5 Å². The topological polar surface area (TPSA) is 95.3 Å². The summed E-state index contributed by atoms with van der Waals surface area (Å²) >= 11 is 0. The number of fused-ring (bicyclic) bond motifs is 3. The quantitative estimate of drug-likeness (QED) is 0.519. The summed E-state index contributed by atoms with van der Waals surface area (Å²) in [6.45, 7) is 0. The first-order chi connectivity index (χ1) is 12.1. The number of hydrogen-bond donors (Lipinski definition) is 1. The Kier molecular flexibility index (Phi) is 3.82. The van der Waals surface area contributed by atoms with Crippen molar-refractivity contribution in [1.82, 2.24) is 0 Å². The van der Waals surface area contributed by atoms with Crippen molar-refractivity contribution in [2.75, 3.05) is 5.32 Å². The second-order valence-corrected chi connectivity index (χ2v) is 7.03. The number of benzene rings is 1. The monoisotopic (exact) mass is 339 g/mol. The van der Waals surface area contributed by atoms with Gasteiger partial charge in [0, 0.05) is 23.6 Å². The number of carbonyl (C=O) groups excluding carboxylic acids is 1. The fourth-order valence-corrected chi connectivity index (χ4v) is 4.67. The number of allylic oxidation sites excluding steroid dienone is 4. The number of nitrogens with one attached hydrogen (secondary N) is 1. The molecule has 2 aliphatic carbocycles. The predicted octanol–water partition coefficient (Wildman–Crippen LogP) is 2.77. The van der Waals surface area contributed by atoms with Crippen molar-refractivity contribution < 1.29 is 14.8 Å². The zero-order valence-corrected chi connectivity index (χ0v) is 13.7. The number of nitro groups is 1. The van der Waals surface area contributed by atoms with Gasteiger partial charge in [0.25, 0.3) is 5.69 Å². The Labute approximate surface area is 145 Å². The maximum absolute atomic E-state index is 11.6. The number of carboxylic acid groups (broad SMARTS) is 1. The maximum Gasteiger partial charge on any atom is 0.275 e. The summed E-state index contributed by atoms with van der Waals surface area (Å²) in [7, 11) is 0. The van der Waals surface area contributed by atoms with E-state index >= 15 is 0 Å². The molecule has 0 unspecified atom stereocenters. The lowest BCUT2D eigenvalue weighted by Gasteiger charge is -2.42. The van der Waals surface area contributed by atoms with Gasteiger partial charge in [-0.2, -0.15) is 0 Å². The zero-order chi connectivity index (χ0) is 17.6. The van der Waals surface area contributed by atoms with Gasteiger partial charge in [-0.3, -0.25) is 10.1 Å². The van der Waals surface area contributed by atoms with Crippen LogP contribution >= 0.6 is 0 Å². The van der Waals surface area contributed by atoms with E-state index in [0.717, 1.165) is 25.7 Å². The van der Waals surface area contributed by atoms with E-state index in [1.807, 2.05) is 6.08 Å². The van der Waals surface area contributed by atoms with Gasteiger partial charge in [-0.15, -0.1) is 0 Å². The van der Waals surface area contributed by atoms with E-state index in [1.54, 1.807) is 0 Å². The Balaban J connectivity index is 1.85. The molecule has 4 rings (SSSR count). The van der Waals surface area contributed by atoms with Gasteiger partial charge in [0.05, 0.1) is 22.1 Å². The highest BCUT2D eigenvalue weighted by Gasteiger charge is 2.44. The van der Waals surface area contributed by atoms with Crippen molar-refractivity contribution in [2.24, 2.45) is 11.8 Å². The SMILES string of the molecule is O=C([O-])c1ccc([N+](=O)[O-])c2c1N[C@H]([C@H]1CC=CCC1)[C@@H]1CC=C[C@@H]21. The van der Waals surface area contributed by atoms with Crippen LogP contribution in [0.15, 0.2) is 36.4 Å². The molecule has 1 aromatic rings. The summed E-state index contributed by atoms with van der Waals surface area (Å²) in [5.41, 5.74) is 0.862. The van der Waals surface area contributed by atoms with Crippen LogP contribution in [0.5, 0.6) is 0 Å². The van der Waals surface area contributed by atoms with Gasteiger partial charge in [0.2, 0.25) is 0 Å². The number of nitro benzene ring substituents is 1. The van der Waals surface area contributed by atoms with Crippen molar-refractivity contribution >= 4 is 17.3 Å². The molecule has 4 atom stereocenters. The molecular formula is C19H19N2O4-. The van der Waals surface area contributed by atoms with Gasteiger partial charge in [-0.25, -0.2) is 0 Å². The number of carboxylic acids is 1. The first-order valence-electron chi connectivity index (χ1n) is 8.68. The standard InChI is InChI=1S/C19H20N2O4/c22-19(23)14-9-10-15(21(24)25)16-12-7-4-8-13(12)17(20-18(14)16)11-5-2-1-3-6-11/h1-2,4,7,9-13,17,20H,3,5-6,8H2,(H,22,23)/p-1/t11-,12+,13+,17+/m0/s1. The van der Waals surface area contributed by atoms with Crippen molar-refractivity contribution in [3.8, 4) is 0 Å². The third-order valence-corrected chi connectivity index (χ3v) is 5.78. The molecule has 1 N–H and O–H groups in total. The first kappa shape index (κ1) is 15.9. The average Bonchev–Trinajstić information content (AvgIpc) is 3.10. The number of rotatable bonds is 3. The summed E-state index contributed by atoms with van der Waals surface area (Å²) in [4.78, 5) is 22.7. The lowest BCUT2D eigenvalue weighted by Crippen LogP contribution is -2.43. The van der Waals surface area contributed by atoms with E-state index < -0.39 is 10.9 Å². The first-order valence-corrected chi connectivity index (χ1v) is 8.68. The smallest absolute Gasteiger partial charge is 0.275 e. The highest BCUT2D eigenvalue weighted by Crippen LogP contribution is 2.51. The van der Waals surface area contributed by atoms with E-state index in [0.29, 0.717) is 17.2 Å². The van der Waals surface area contributed by atoms with Crippen molar-refractivity contribution in [1.29, 1.82) is 0 Å². The molecule has 0 radical (unpaired) electrons. The average molecular weight is 339 g/mol. The molecule has 3 aliphatic rings. The van der Waals surface area contributed by atoms with Gasteiger partial charge in [0.15, 0.2) is 0 Å². The van der Waals surface area contributed by atoms with Crippen LogP contribution in [0.25, 0.3) is 0 Å². The predicted molar refractivity (Wildman–Crippen MR) is 91.3 cm³/mol. The van der Waals surface area contributed by atoms with E-state index in [9.17, 15) is 20.0 Å². The third-order valence-electron chi connectivity index (χ3n) is 5.78. The fraction of sp³-hybridized carbons (Fsp3) is 0.421. The molecule has 25 heavy (non-hydrogen) atoms. The number of aromatic carboxylic acids is 1. The summed E-state index contributed by atoms with van der Waals surface area (Å²) < 4.78 is 0. The zero-order valence-electron chi connectivity index (χ0n) is 13.7. The number of nitrogens with zero attached hydrogens (tertiary/aromatic N) is 1. The van der Waals surface area contributed by atoms with Gasteiger partial charge < -0.3 is 15.2 Å². The van der Waals surface area contributed by atoms with Gasteiger partial charge in [0.1, 0.15) is 0 Å². The normalized spacial score (nSPS) is 29.6. The minimum Gasteiger partial charge on any atom is -0.545 e. The van der Waals surface area contributed by atoms with Crippen molar-refractivity contribution in [2.45, 2.75) is 37.6 Å². The second kappa shape index (κ2) is 6.02. The Morgan fingerprint density at radius 2 is 2.04 bits per heavy atom. The molecule has 0 fully saturated rings. The van der Waals surface area contributed by atoms with Crippen LogP contribution in [-0.2, 0) is 0 Å². The van der Waals surface area contributed by atoms with Crippen LogP contribution in [0, 0.1) is 22.0 Å². The molecule has 130 valence electrons. The van der Waals surface area contributed by atoms with Crippen molar-refractivity contribution in [3.05, 3.63) is 57.7 Å². The molecule has 1 aliphatic heterocycles. The summed E-state index contributed by atoms with van der Waals surface area (Å²) in [6.07, 6.45) is 12.3. The molecule has 0 aromatic heterocycles. The lowest BCUT2D eigenvalue weighted by molar-refractivity contribution is -0.385. The van der Waals surface area contributed by atoms with Crippen LogP contribution in [0.3, 0.4) is 0 Å². The molecule has 0 saturated carbocycles. The maximum atomic E-state index is 11.6. The molecule has 1 aromatic carbocycles. The van der Waals surface area contributed by atoms with E-state index in [-0.39, 0.29) is 29.1 Å². The summed E-state index contributed by atoms with van der Waals surface area (Å²) in [6, 6.07) is 2.69. The van der Waals surface area contributed by atoms with Gasteiger partial charge in [-0.1, -0.05) is 24.3 Å². The highest BCUT2D eigenvalue weighted by atomic mass is 16.6. The Bertz CT molecular complexity index is 799. The van der Waals surface area contributed by atoms with Crippen LogP contribution < -0.4 is 10.4 Å². The van der Waals surface area contributed by atoms with Crippen LogP contribution in [0.2, 0.25) is 0 Å². The van der Waals surface area contributed by atoms with Crippen LogP contribution in [-0.4, -0.2) is 16.9 Å². The van der Waals surface area contributed by atoms with Crippen molar-refractivity contribution in [3.63, 3.8) is 0 Å². The summed E-state index contributed by atoms with van der Waals surface area (Å²) in [5.74, 6) is -0.799.